The van der Waals surface area contributed by atoms with Crippen LogP contribution < -0.4 is 37.2 Å². The third-order valence-corrected chi connectivity index (χ3v) is 6.99. The Kier molecular flexibility index (Phi) is 25.6. The summed E-state index contributed by atoms with van der Waals surface area (Å²) in [7, 11) is 5.00. The van der Waals surface area contributed by atoms with Crippen LogP contribution in [0.15, 0.2) is 0 Å². The van der Waals surface area contributed by atoms with E-state index in [9.17, 15) is 67.1 Å². The van der Waals surface area contributed by atoms with Crippen molar-refractivity contribution in [3.63, 3.8) is 0 Å². The summed E-state index contributed by atoms with van der Waals surface area (Å²) in [6, 6.07) is 0. The fourth-order valence-corrected chi connectivity index (χ4v) is 4.25. The first kappa shape index (κ1) is 51.8. The van der Waals surface area contributed by atoms with Crippen LogP contribution in [0, 0.1) is 0 Å². The third-order valence-electron chi connectivity index (χ3n) is 6.99. The van der Waals surface area contributed by atoms with Crippen LogP contribution in [0.2, 0.25) is 0 Å². The van der Waals surface area contributed by atoms with Crippen molar-refractivity contribution in [3.8, 4) is 0 Å². The molecular weight excluding hydrogens is 795 g/mol. The van der Waals surface area contributed by atoms with Crippen molar-refractivity contribution in [2.75, 3.05) is 85.1 Å². The van der Waals surface area contributed by atoms with Crippen molar-refractivity contribution >= 4 is 91.0 Å². The molecule has 0 rings (SSSR count). The van der Waals surface area contributed by atoms with E-state index in [0.29, 0.717) is 27.5 Å². The molecule has 0 aliphatic rings. The molecule has 0 aliphatic heterocycles. The van der Waals surface area contributed by atoms with Crippen molar-refractivity contribution in [2.45, 2.75) is 25.7 Å². The molecule has 0 aliphatic carbocycles. The van der Waals surface area contributed by atoms with E-state index in [1.807, 2.05) is 5.32 Å². The lowest BCUT2D eigenvalue weighted by Gasteiger charge is -2.21. The number of hydrogen-bond donors (Lipinski definition) is 10. The van der Waals surface area contributed by atoms with Gasteiger partial charge in [-0.05, 0) is 19.3 Å². The predicted molar refractivity (Wildman–Crippen MR) is 194 cm³/mol. The zero-order valence-electron chi connectivity index (χ0n) is 31.6. The summed E-state index contributed by atoms with van der Waals surface area (Å²) in [6.45, 7) is -9.23. The highest BCUT2D eigenvalue weighted by molar-refractivity contribution is 6.57. The van der Waals surface area contributed by atoms with Crippen molar-refractivity contribution in [2.24, 2.45) is 0 Å². The maximum absolute atomic E-state index is 12.6. The molecule has 2 radical (unpaired) electrons. The number of hydrogen-bond acceptors (Lipinski definition) is 14. The molecule has 27 nitrogen and oxygen atoms in total. The summed E-state index contributed by atoms with van der Waals surface area (Å²) in [5.41, 5.74) is -0.527. The molecule has 324 valence electrons. The number of nitrogens with one attached hydrogen (secondary N) is 7. The summed E-state index contributed by atoms with van der Waals surface area (Å²) in [6.07, 6.45) is 0.991. The SMILES string of the molecule is [B]C(=O)CCCCC(=O)NCC(=O)NCC(=O)N(CC(=O)O)CC(=O)NCC(=O)NCC(=O)N(CC(=O)O)CC(=O)NCCNC(=O)CN(CC(=O)O)C(=O)CNC=O. The molecule has 0 atom stereocenters. The fourth-order valence-electron chi connectivity index (χ4n) is 4.25. The van der Waals surface area contributed by atoms with E-state index >= 15 is 0 Å². The van der Waals surface area contributed by atoms with E-state index in [0.717, 1.165) is 0 Å². The molecule has 28 heteroatoms. The second-order valence-corrected chi connectivity index (χ2v) is 11.9. The van der Waals surface area contributed by atoms with Gasteiger partial charge in [0.05, 0.1) is 38.4 Å². The molecule has 0 spiro atoms. The smallest absolute Gasteiger partial charge is 0.323 e. The molecule has 0 saturated heterocycles. The molecule has 0 aromatic carbocycles. The normalized spacial score (nSPS) is 10.0. The first-order valence-corrected chi connectivity index (χ1v) is 17.3. The van der Waals surface area contributed by atoms with Gasteiger partial charge >= 0.3 is 17.9 Å². The number of nitrogens with zero attached hydrogens (tertiary/aromatic N) is 3. The first-order chi connectivity index (χ1) is 27.7. The molecule has 0 unspecified atom stereocenters. The van der Waals surface area contributed by atoms with Crippen LogP contribution >= 0.6 is 0 Å². The number of unbranched alkanes of at least 4 members (excludes halogenated alkanes) is 1. The molecule has 10 amide bonds. The lowest BCUT2D eigenvalue weighted by atomic mass is 9.97. The van der Waals surface area contributed by atoms with Gasteiger partial charge in [-0.25, -0.2) is 0 Å². The molecule has 0 heterocycles. The first-order valence-electron chi connectivity index (χ1n) is 17.3. The van der Waals surface area contributed by atoms with E-state index in [2.05, 4.69) is 31.9 Å². The van der Waals surface area contributed by atoms with Crippen LogP contribution in [0.25, 0.3) is 0 Å². The number of carbonyl (C=O) groups is 14. The Hall–Kier alpha value is -7.16. The van der Waals surface area contributed by atoms with E-state index in [4.69, 9.17) is 23.2 Å². The Morgan fingerprint density at radius 2 is 0.763 bits per heavy atom. The number of carboxylic acid groups (broad SMARTS) is 3. The Morgan fingerprint density at radius 3 is 1.14 bits per heavy atom. The molecule has 59 heavy (non-hydrogen) atoms. The summed E-state index contributed by atoms with van der Waals surface area (Å²) in [4.78, 5) is 166. The summed E-state index contributed by atoms with van der Waals surface area (Å²) < 4.78 is 0. The maximum atomic E-state index is 12.6. The van der Waals surface area contributed by atoms with Gasteiger partial charge < -0.3 is 72.0 Å². The van der Waals surface area contributed by atoms with Crippen molar-refractivity contribution < 1.29 is 82.4 Å². The molecule has 0 aromatic rings. The summed E-state index contributed by atoms with van der Waals surface area (Å²) in [5.74, 6) is -12.5. The molecule has 0 saturated carbocycles. The van der Waals surface area contributed by atoms with Gasteiger partial charge in [0.25, 0.3) is 0 Å². The lowest BCUT2D eigenvalue weighted by Crippen LogP contribution is -2.50. The van der Waals surface area contributed by atoms with Crippen LogP contribution in [0.4, 0.5) is 0 Å². The minimum atomic E-state index is -1.53. The van der Waals surface area contributed by atoms with Gasteiger partial charge in [0.2, 0.25) is 59.6 Å². The van der Waals surface area contributed by atoms with Gasteiger partial charge in [-0.1, -0.05) is 0 Å². The van der Waals surface area contributed by atoms with E-state index in [1.54, 1.807) is 0 Å². The number of rotatable bonds is 31. The van der Waals surface area contributed by atoms with Crippen molar-refractivity contribution in [3.05, 3.63) is 0 Å². The van der Waals surface area contributed by atoms with Crippen molar-refractivity contribution in [1.29, 1.82) is 0 Å². The lowest BCUT2D eigenvalue weighted by molar-refractivity contribution is -0.146. The second kappa shape index (κ2) is 29.1. The fraction of sp³-hybridized carbons (Fsp3) is 0.548. The minimum Gasteiger partial charge on any atom is -0.480 e. The van der Waals surface area contributed by atoms with Gasteiger partial charge in [-0.15, -0.1) is 0 Å². The van der Waals surface area contributed by atoms with Crippen molar-refractivity contribution in [1.82, 2.24) is 51.9 Å². The molecule has 0 bridgehead atoms. The quantitative estimate of drug-likeness (QED) is 0.0176. The molecule has 0 fully saturated rings. The van der Waals surface area contributed by atoms with Gasteiger partial charge in [0.1, 0.15) is 39.3 Å². The Bertz CT molecular complexity index is 1590. The average molecular weight is 841 g/mol. The Labute approximate surface area is 336 Å². The molecule has 10 N–H and O–H groups in total. The zero-order chi connectivity index (χ0) is 44.9. The van der Waals surface area contributed by atoms with Crippen LogP contribution in [0.5, 0.6) is 0 Å². The number of aliphatic carboxylic acids is 3. The van der Waals surface area contributed by atoms with Crippen LogP contribution in [0.1, 0.15) is 25.7 Å². The van der Waals surface area contributed by atoms with Crippen LogP contribution in [-0.2, 0) is 67.1 Å². The minimum absolute atomic E-state index is 0.00301. The van der Waals surface area contributed by atoms with Gasteiger partial charge in [-0.2, -0.15) is 0 Å². The third kappa shape index (κ3) is 27.1. The maximum Gasteiger partial charge on any atom is 0.323 e. The standard InChI is InChI=1S/C31H45BN10O17/c32-19(44)3-1-2-4-20(45)36-7-21(46)38-11-28(53)42(17-31(58)59)14-25(50)37-8-22(47)39-10-27(52)41(16-30(56)57)13-24(49)35-6-5-34-23(48)12-40(15-29(54)55)26(51)9-33-18-43/h18H,1-17H2,(H,33,43)(H,34,48)(H,35,49)(H,36,45)(H,37,50)(H,38,46)(H,39,47)(H,54,55)(H,56,57)(H,58,59). The van der Waals surface area contributed by atoms with Gasteiger partial charge in [0, 0.05) is 19.5 Å². The Morgan fingerprint density at radius 1 is 0.424 bits per heavy atom. The van der Waals surface area contributed by atoms with Crippen LogP contribution in [0.3, 0.4) is 0 Å². The molecule has 0 aromatic heterocycles. The van der Waals surface area contributed by atoms with Crippen LogP contribution in [-0.4, -0.2) is 206 Å². The Balaban J connectivity index is 4.84. The topological polar surface area (TPSA) is 394 Å². The second-order valence-electron chi connectivity index (χ2n) is 11.9. The number of carbonyl (C=O) groups excluding carboxylic acids is 11. The average Bonchev–Trinajstić information content (AvgIpc) is 3.15. The van der Waals surface area contributed by atoms with E-state index in [1.165, 1.54) is 0 Å². The predicted octanol–water partition coefficient (Wildman–Crippen LogP) is -8.58. The monoisotopic (exact) mass is 840 g/mol. The highest BCUT2D eigenvalue weighted by Crippen LogP contribution is 1.99. The van der Waals surface area contributed by atoms with Gasteiger partial charge in [0.15, 0.2) is 7.85 Å². The summed E-state index contributed by atoms with van der Waals surface area (Å²) in [5, 5.41) is 42.5. The highest BCUT2D eigenvalue weighted by Gasteiger charge is 2.23. The highest BCUT2D eigenvalue weighted by atomic mass is 16.4. The van der Waals surface area contributed by atoms with E-state index in [-0.39, 0.29) is 32.3 Å². The molecular formula is C31H45BN10O17. The van der Waals surface area contributed by atoms with E-state index < -0.39 is 149 Å². The van der Waals surface area contributed by atoms with Gasteiger partial charge in [-0.3, -0.25) is 62.3 Å². The zero-order valence-corrected chi connectivity index (χ0v) is 31.6. The largest absolute Gasteiger partial charge is 0.480 e. The summed E-state index contributed by atoms with van der Waals surface area (Å²) >= 11 is 0. The number of amides is 10. The number of carboxylic acids is 3.